The average molecular weight is 477 g/mol. The van der Waals surface area contributed by atoms with Gasteiger partial charge in [-0.1, -0.05) is 43.1 Å². The van der Waals surface area contributed by atoms with Crippen molar-refractivity contribution in [1.82, 2.24) is 5.32 Å². The highest BCUT2D eigenvalue weighted by molar-refractivity contribution is 9.10. The summed E-state index contributed by atoms with van der Waals surface area (Å²) in [5.41, 5.74) is 3.37. The summed E-state index contributed by atoms with van der Waals surface area (Å²) < 4.78 is 11.8. The number of halogens is 1. The third kappa shape index (κ3) is 3.13. The molecule has 2 aromatic rings. The van der Waals surface area contributed by atoms with Crippen molar-refractivity contribution in [3.63, 3.8) is 0 Å². The minimum absolute atomic E-state index is 0.0130. The van der Waals surface area contributed by atoms with E-state index in [-0.39, 0.29) is 18.9 Å². The van der Waals surface area contributed by atoms with Crippen molar-refractivity contribution in [3.8, 4) is 11.5 Å². The Kier molecular flexibility index (Phi) is 4.59. The Bertz CT molecular complexity index is 1000. The Balaban J connectivity index is 1.46. The van der Waals surface area contributed by atoms with Crippen molar-refractivity contribution >= 4 is 38.2 Å². The molecule has 2 N–H and O–H groups in total. The predicted molar refractivity (Wildman–Crippen MR) is 118 cm³/mol. The van der Waals surface area contributed by atoms with Gasteiger partial charge in [-0.2, -0.15) is 0 Å². The average Bonchev–Trinajstić information content (AvgIpc) is 3.30. The molecule has 29 heavy (non-hydrogen) atoms. The van der Waals surface area contributed by atoms with Crippen LogP contribution in [-0.4, -0.2) is 12.7 Å². The highest BCUT2D eigenvalue weighted by Crippen LogP contribution is 2.48. The number of benzene rings is 1. The fourth-order valence-electron chi connectivity index (χ4n) is 4.56. The Morgan fingerprint density at radius 3 is 2.76 bits per heavy atom. The van der Waals surface area contributed by atoms with Crippen LogP contribution in [0.1, 0.15) is 66.1 Å². The molecule has 7 heteroatoms. The van der Waals surface area contributed by atoms with E-state index in [1.165, 1.54) is 16.9 Å². The molecule has 5 nitrogen and oxygen atoms in total. The van der Waals surface area contributed by atoms with Crippen LogP contribution in [0.25, 0.3) is 0 Å². The molecule has 0 saturated heterocycles. The van der Waals surface area contributed by atoms with E-state index >= 15 is 0 Å². The molecule has 0 spiro atoms. The van der Waals surface area contributed by atoms with Gasteiger partial charge in [-0.05, 0) is 48.3 Å². The van der Waals surface area contributed by atoms with Crippen LogP contribution in [0.5, 0.6) is 11.5 Å². The van der Waals surface area contributed by atoms with Gasteiger partial charge in [-0.3, -0.25) is 4.79 Å². The predicted octanol–water partition coefficient (Wildman–Crippen LogP) is 5.63. The van der Waals surface area contributed by atoms with Crippen molar-refractivity contribution < 1.29 is 14.3 Å². The topological polar surface area (TPSA) is 59.6 Å². The lowest BCUT2D eigenvalue weighted by molar-refractivity contribution is 0.0934. The molecule has 3 aliphatic rings. The third-order valence-electron chi connectivity index (χ3n) is 6.86. The Labute approximate surface area is 183 Å². The summed E-state index contributed by atoms with van der Waals surface area (Å²) in [4.78, 5) is 14.4. The first-order valence-electron chi connectivity index (χ1n) is 10.2. The normalized spacial score (nSPS) is 22.6. The minimum atomic E-state index is -0.304. The quantitative estimate of drug-likeness (QED) is 0.601. The lowest BCUT2D eigenvalue weighted by Gasteiger charge is -2.36. The Hall–Kier alpha value is -1.73. The molecule has 2 atom stereocenters. The number of anilines is 1. The van der Waals surface area contributed by atoms with Gasteiger partial charge in [0.25, 0.3) is 5.91 Å². The number of nitrogens with one attached hydrogen (secondary N) is 2. The first-order valence-corrected chi connectivity index (χ1v) is 11.8. The fraction of sp³-hybridized carbons (Fsp3) is 0.500. The van der Waals surface area contributed by atoms with Crippen molar-refractivity contribution in [3.05, 3.63) is 38.2 Å². The molecule has 0 fully saturated rings. The van der Waals surface area contributed by atoms with E-state index in [1.807, 2.05) is 12.1 Å². The van der Waals surface area contributed by atoms with Gasteiger partial charge in [0.15, 0.2) is 11.5 Å². The SMILES string of the molecule is CCC(C)(C)C1CCc2c(sc3c2C(=O)NC(c2cc4c(cc2Br)OCO4)N3)C1. The van der Waals surface area contributed by atoms with E-state index in [2.05, 4.69) is 47.3 Å². The second-order valence-corrected chi connectivity index (χ2v) is 10.7. The van der Waals surface area contributed by atoms with Crippen LogP contribution < -0.4 is 20.1 Å². The molecule has 0 bridgehead atoms. The second-order valence-electron chi connectivity index (χ2n) is 8.77. The lowest BCUT2D eigenvalue weighted by atomic mass is 9.69. The summed E-state index contributed by atoms with van der Waals surface area (Å²) in [7, 11) is 0. The first-order chi connectivity index (χ1) is 13.9. The molecule has 0 radical (unpaired) electrons. The van der Waals surface area contributed by atoms with E-state index in [9.17, 15) is 4.79 Å². The van der Waals surface area contributed by atoms with Crippen LogP contribution in [0.4, 0.5) is 5.00 Å². The fourth-order valence-corrected chi connectivity index (χ4v) is 6.47. The summed E-state index contributed by atoms with van der Waals surface area (Å²) in [5.74, 6) is 2.11. The molecule has 3 heterocycles. The monoisotopic (exact) mass is 476 g/mol. The number of carbonyl (C=O) groups excluding carboxylic acids is 1. The highest BCUT2D eigenvalue weighted by Gasteiger charge is 2.38. The highest BCUT2D eigenvalue weighted by atomic mass is 79.9. The lowest BCUT2D eigenvalue weighted by Crippen LogP contribution is -2.38. The Morgan fingerprint density at radius 1 is 1.24 bits per heavy atom. The van der Waals surface area contributed by atoms with Crippen molar-refractivity contribution in [2.75, 3.05) is 12.1 Å². The number of carbonyl (C=O) groups is 1. The summed E-state index contributed by atoms with van der Waals surface area (Å²) in [6.45, 7) is 7.24. The van der Waals surface area contributed by atoms with Gasteiger partial charge < -0.3 is 20.1 Å². The van der Waals surface area contributed by atoms with Gasteiger partial charge in [-0.25, -0.2) is 0 Å². The maximum atomic E-state index is 13.1. The van der Waals surface area contributed by atoms with Gasteiger partial charge >= 0.3 is 0 Å². The molecule has 5 rings (SSSR count). The summed E-state index contributed by atoms with van der Waals surface area (Å²) >= 11 is 5.37. The number of hydrogen-bond donors (Lipinski definition) is 2. The number of amides is 1. The maximum absolute atomic E-state index is 13.1. The summed E-state index contributed by atoms with van der Waals surface area (Å²) in [6.07, 6.45) is 4.09. The molecule has 0 saturated carbocycles. The first kappa shape index (κ1) is 19.2. The molecule has 1 aliphatic carbocycles. The number of thiophene rings is 1. The number of rotatable bonds is 3. The second kappa shape index (κ2) is 6.91. The standard InChI is InChI=1S/C22H25BrN2O3S/c1-4-22(2,3)11-5-6-12-17(7-11)29-21-18(12)20(26)24-19(25-21)13-8-15-16(9-14(13)23)28-10-27-15/h8-9,11,19,25H,4-7,10H2,1-3H3,(H,24,26). The molecule has 1 aromatic heterocycles. The van der Waals surface area contributed by atoms with Gasteiger partial charge in [0, 0.05) is 14.9 Å². The van der Waals surface area contributed by atoms with Crippen molar-refractivity contribution in [1.29, 1.82) is 0 Å². The van der Waals surface area contributed by atoms with Crippen LogP contribution in [0.2, 0.25) is 0 Å². The van der Waals surface area contributed by atoms with E-state index < -0.39 is 0 Å². The van der Waals surface area contributed by atoms with Crippen LogP contribution in [0.3, 0.4) is 0 Å². The number of ether oxygens (including phenoxy) is 2. The van der Waals surface area contributed by atoms with E-state index in [1.54, 1.807) is 11.3 Å². The van der Waals surface area contributed by atoms with Gasteiger partial charge in [-0.15, -0.1) is 11.3 Å². The molecule has 2 aliphatic heterocycles. The zero-order chi connectivity index (χ0) is 20.3. The minimum Gasteiger partial charge on any atom is -0.454 e. The number of hydrogen-bond acceptors (Lipinski definition) is 5. The van der Waals surface area contributed by atoms with Crippen LogP contribution >= 0.6 is 27.3 Å². The molecule has 154 valence electrons. The summed E-state index contributed by atoms with van der Waals surface area (Å²) in [6, 6.07) is 3.83. The van der Waals surface area contributed by atoms with Gasteiger partial charge in [0.05, 0.1) is 5.56 Å². The van der Waals surface area contributed by atoms with Gasteiger partial charge in [0.2, 0.25) is 6.79 Å². The van der Waals surface area contributed by atoms with Crippen LogP contribution in [0.15, 0.2) is 16.6 Å². The van der Waals surface area contributed by atoms with Crippen LogP contribution in [0, 0.1) is 11.3 Å². The number of fused-ring (bicyclic) bond motifs is 4. The molecular weight excluding hydrogens is 452 g/mol. The van der Waals surface area contributed by atoms with Gasteiger partial charge in [0.1, 0.15) is 11.2 Å². The molecule has 1 aromatic carbocycles. The zero-order valence-corrected chi connectivity index (χ0v) is 19.3. The molecule has 1 amide bonds. The zero-order valence-electron chi connectivity index (χ0n) is 16.9. The summed E-state index contributed by atoms with van der Waals surface area (Å²) in [5, 5.41) is 7.69. The molecule has 2 unspecified atom stereocenters. The maximum Gasteiger partial charge on any atom is 0.256 e. The van der Waals surface area contributed by atoms with Crippen LogP contribution in [-0.2, 0) is 12.8 Å². The Morgan fingerprint density at radius 2 is 2.00 bits per heavy atom. The smallest absolute Gasteiger partial charge is 0.256 e. The van der Waals surface area contributed by atoms with E-state index in [0.29, 0.717) is 17.1 Å². The largest absolute Gasteiger partial charge is 0.454 e. The van der Waals surface area contributed by atoms with E-state index in [4.69, 9.17) is 9.47 Å². The molecular formula is C22H25BrN2O3S. The van der Waals surface area contributed by atoms with E-state index in [0.717, 1.165) is 45.6 Å². The van der Waals surface area contributed by atoms with Crippen molar-refractivity contribution in [2.45, 2.75) is 52.6 Å². The van der Waals surface area contributed by atoms with Crippen molar-refractivity contribution in [2.24, 2.45) is 11.3 Å². The third-order valence-corrected chi connectivity index (χ3v) is 8.73.